The first-order valence-electron chi connectivity index (χ1n) is 6.95. The van der Waals surface area contributed by atoms with Gasteiger partial charge >= 0.3 is 5.97 Å². The minimum atomic E-state index is -1.62. The molecule has 128 valence electrons. The number of aryl methyl sites for hydroxylation is 1. The molecule has 3 aromatic rings. The summed E-state index contributed by atoms with van der Waals surface area (Å²) < 4.78 is 55.8. The van der Waals surface area contributed by atoms with E-state index in [0.29, 0.717) is 12.1 Å². The lowest BCUT2D eigenvalue weighted by Gasteiger charge is -2.15. The number of aromatic nitrogens is 1. The molecule has 1 heterocycles. The standard InChI is InChI=1S/C17H9F4NO3/c1-7-14-13(5-11(20)15(7)21)22(6-9(16(14)23)17(24)25)12-3-2-8(18)4-10(12)19/h2-6H,1H3,(H,24,25). The van der Waals surface area contributed by atoms with Gasteiger partial charge in [0.05, 0.1) is 16.6 Å². The number of hydrogen-bond donors (Lipinski definition) is 1. The van der Waals surface area contributed by atoms with Gasteiger partial charge in [-0.05, 0) is 19.1 Å². The highest BCUT2D eigenvalue weighted by molar-refractivity contribution is 5.94. The number of benzene rings is 2. The van der Waals surface area contributed by atoms with E-state index in [0.717, 1.165) is 29.8 Å². The summed E-state index contributed by atoms with van der Waals surface area (Å²) in [7, 11) is 0. The third-order valence-electron chi connectivity index (χ3n) is 3.82. The Kier molecular flexibility index (Phi) is 3.82. The van der Waals surface area contributed by atoms with Crippen LogP contribution in [-0.2, 0) is 0 Å². The van der Waals surface area contributed by atoms with Crippen LogP contribution in [0, 0.1) is 30.2 Å². The van der Waals surface area contributed by atoms with Crippen molar-refractivity contribution in [1.82, 2.24) is 4.57 Å². The molecule has 4 nitrogen and oxygen atoms in total. The maximum absolute atomic E-state index is 14.1. The topological polar surface area (TPSA) is 59.3 Å². The van der Waals surface area contributed by atoms with Gasteiger partial charge in [0, 0.05) is 23.9 Å². The first-order chi connectivity index (χ1) is 11.7. The predicted octanol–water partition coefficient (Wildman–Crippen LogP) is 3.55. The Bertz CT molecular complexity index is 1110. The molecule has 0 atom stereocenters. The maximum Gasteiger partial charge on any atom is 0.341 e. The van der Waals surface area contributed by atoms with Crippen LogP contribution in [0.25, 0.3) is 16.6 Å². The van der Waals surface area contributed by atoms with Crippen LogP contribution >= 0.6 is 0 Å². The Balaban J connectivity index is 2.57. The first-order valence-corrected chi connectivity index (χ1v) is 6.95. The van der Waals surface area contributed by atoms with Gasteiger partial charge < -0.3 is 9.67 Å². The van der Waals surface area contributed by atoms with Crippen molar-refractivity contribution in [2.75, 3.05) is 0 Å². The normalized spacial score (nSPS) is 11.1. The van der Waals surface area contributed by atoms with Crippen LogP contribution in [0.1, 0.15) is 15.9 Å². The van der Waals surface area contributed by atoms with Gasteiger partial charge in [0.25, 0.3) is 0 Å². The Morgan fingerprint density at radius 2 is 1.76 bits per heavy atom. The number of carbonyl (C=O) groups is 1. The summed E-state index contributed by atoms with van der Waals surface area (Å²) in [6.07, 6.45) is 0.792. The van der Waals surface area contributed by atoms with E-state index < -0.39 is 51.2 Å². The number of hydrogen-bond acceptors (Lipinski definition) is 2. The zero-order valence-electron chi connectivity index (χ0n) is 12.6. The molecule has 0 spiro atoms. The van der Waals surface area contributed by atoms with Crippen LogP contribution in [-0.4, -0.2) is 15.6 Å². The van der Waals surface area contributed by atoms with E-state index >= 15 is 0 Å². The van der Waals surface area contributed by atoms with Gasteiger partial charge in [-0.1, -0.05) is 0 Å². The van der Waals surface area contributed by atoms with Crippen LogP contribution in [0.5, 0.6) is 0 Å². The van der Waals surface area contributed by atoms with Crippen molar-refractivity contribution in [3.05, 3.63) is 75.1 Å². The average molecular weight is 351 g/mol. The quantitative estimate of drug-likeness (QED) is 0.719. The lowest BCUT2D eigenvalue weighted by Crippen LogP contribution is -2.20. The monoisotopic (exact) mass is 351 g/mol. The molecule has 2 aromatic carbocycles. The summed E-state index contributed by atoms with van der Waals surface area (Å²) >= 11 is 0. The van der Waals surface area contributed by atoms with Gasteiger partial charge in [-0.2, -0.15) is 0 Å². The Morgan fingerprint density at radius 1 is 1.08 bits per heavy atom. The minimum Gasteiger partial charge on any atom is -0.477 e. The molecule has 1 N–H and O–H groups in total. The molecule has 0 saturated carbocycles. The molecule has 8 heteroatoms. The summed E-state index contributed by atoms with van der Waals surface area (Å²) in [6, 6.07) is 3.12. The Hall–Kier alpha value is -3.16. The summed E-state index contributed by atoms with van der Waals surface area (Å²) in [5, 5.41) is 8.79. The van der Waals surface area contributed by atoms with Crippen molar-refractivity contribution in [2.24, 2.45) is 0 Å². The second-order valence-electron chi connectivity index (χ2n) is 5.33. The molecule has 0 aliphatic heterocycles. The molecule has 0 saturated heterocycles. The number of nitrogens with zero attached hydrogens (tertiary/aromatic N) is 1. The average Bonchev–Trinajstić information content (AvgIpc) is 2.53. The molecule has 0 aliphatic carbocycles. The van der Waals surface area contributed by atoms with Crippen molar-refractivity contribution < 1.29 is 27.5 Å². The fourth-order valence-electron chi connectivity index (χ4n) is 2.63. The van der Waals surface area contributed by atoms with Crippen LogP contribution < -0.4 is 5.43 Å². The second-order valence-corrected chi connectivity index (χ2v) is 5.33. The first kappa shape index (κ1) is 16.7. The minimum absolute atomic E-state index is 0.239. The Labute approximate surface area is 137 Å². The highest BCUT2D eigenvalue weighted by Crippen LogP contribution is 2.26. The third kappa shape index (κ3) is 2.55. The highest BCUT2D eigenvalue weighted by atomic mass is 19.2. The van der Waals surface area contributed by atoms with E-state index in [2.05, 4.69) is 0 Å². The van der Waals surface area contributed by atoms with E-state index in [1.54, 1.807) is 0 Å². The SMILES string of the molecule is Cc1c(F)c(F)cc2c1c(=O)c(C(=O)O)cn2-c1ccc(F)cc1F. The van der Waals surface area contributed by atoms with Crippen molar-refractivity contribution >= 4 is 16.9 Å². The predicted molar refractivity (Wildman–Crippen MR) is 81.1 cm³/mol. The van der Waals surface area contributed by atoms with Crippen molar-refractivity contribution in [3.8, 4) is 5.69 Å². The van der Waals surface area contributed by atoms with E-state index in [9.17, 15) is 32.3 Å². The molecular weight excluding hydrogens is 342 g/mol. The largest absolute Gasteiger partial charge is 0.477 e. The van der Waals surface area contributed by atoms with Gasteiger partial charge in [0.1, 0.15) is 17.2 Å². The molecule has 0 amide bonds. The summed E-state index contributed by atoms with van der Waals surface area (Å²) in [5.74, 6) is -6.16. The van der Waals surface area contributed by atoms with E-state index in [-0.39, 0.29) is 11.2 Å². The molecule has 0 bridgehead atoms. The molecule has 0 fully saturated rings. The zero-order valence-corrected chi connectivity index (χ0v) is 12.6. The highest BCUT2D eigenvalue weighted by Gasteiger charge is 2.21. The van der Waals surface area contributed by atoms with Gasteiger partial charge in [-0.3, -0.25) is 4.79 Å². The fourth-order valence-corrected chi connectivity index (χ4v) is 2.63. The second kappa shape index (κ2) is 5.73. The van der Waals surface area contributed by atoms with Crippen LogP contribution in [0.15, 0.2) is 35.3 Å². The molecule has 0 unspecified atom stereocenters. The Morgan fingerprint density at radius 3 is 2.36 bits per heavy atom. The van der Waals surface area contributed by atoms with Crippen LogP contribution in [0.4, 0.5) is 17.6 Å². The van der Waals surface area contributed by atoms with Gasteiger partial charge in [-0.15, -0.1) is 0 Å². The lowest BCUT2D eigenvalue weighted by molar-refractivity contribution is 0.0695. The van der Waals surface area contributed by atoms with Gasteiger partial charge in [0.15, 0.2) is 11.6 Å². The number of carboxylic acid groups (broad SMARTS) is 1. The zero-order chi connectivity index (χ0) is 18.5. The number of aromatic carboxylic acids is 1. The van der Waals surface area contributed by atoms with E-state index in [1.165, 1.54) is 0 Å². The van der Waals surface area contributed by atoms with Crippen molar-refractivity contribution in [1.29, 1.82) is 0 Å². The number of pyridine rings is 1. The molecule has 0 radical (unpaired) electrons. The molecule has 3 rings (SSSR count). The molecular formula is C17H9F4NO3. The molecule has 25 heavy (non-hydrogen) atoms. The third-order valence-corrected chi connectivity index (χ3v) is 3.82. The van der Waals surface area contributed by atoms with Crippen LogP contribution in [0.2, 0.25) is 0 Å². The lowest BCUT2D eigenvalue weighted by atomic mass is 10.0. The van der Waals surface area contributed by atoms with Gasteiger partial charge in [-0.25, -0.2) is 22.4 Å². The fraction of sp³-hybridized carbons (Fsp3) is 0.0588. The smallest absolute Gasteiger partial charge is 0.341 e. The van der Waals surface area contributed by atoms with Crippen molar-refractivity contribution in [2.45, 2.75) is 6.92 Å². The summed E-state index contributed by atoms with van der Waals surface area (Å²) in [5.41, 5.74) is -2.75. The molecule has 1 aromatic heterocycles. The van der Waals surface area contributed by atoms with Gasteiger partial charge in [0.2, 0.25) is 5.43 Å². The van der Waals surface area contributed by atoms with Crippen LogP contribution in [0.3, 0.4) is 0 Å². The number of rotatable bonds is 2. The van der Waals surface area contributed by atoms with E-state index in [4.69, 9.17) is 0 Å². The number of carboxylic acids is 1. The molecule has 0 aliphatic rings. The maximum atomic E-state index is 14.1. The van der Waals surface area contributed by atoms with Crippen molar-refractivity contribution in [3.63, 3.8) is 0 Å². The number of halogens is 4. The van der Waals surface area contributed by atoms with E-state index in [1.807, 2.05) is 0 Å². The summed E-state index contributed by atoms with van der Waals surface area (Å²) in [4.78, 5) is 23.7. The number of fused-ring (bicyclic) bond motifs is 1. The summed E-state index contributed by atoms with van der Waals surface area (Å²) in [6.45, 7) is 1.11.